The minimum absolute atomic E-state index is 0.209. The summed E-state index contributed by atoms with van der Waals surface area (Å²) in [5.41, 5.74) is 0.910. The molecule has 0 atom stereocenters. The predicted molar refractivity (Wildman–Crippen MR) is 119 cm³/mol. The summed E-state index contributed by atoms with van der Waals surface area (Å²) in [5.74, 6) is -0.268. The number of likely N-dealkylation sites (N-methyl/N-ethyl adjacent to an activating group) is 1. The summed E-state index contributed by atoms with van der Waals surface area (Å²) in [6, 6.07) is 9.62. The topological polar surface area (TPSA) is 90.0 Å². The molecule has 4 aromatic rings. The zero-order chi connectivity index (χ0) is 22.8. The molecule has 10 heteroatoms. The Balaban J connectivity index is 1.84. The fraction of sp³-hybridized carbons (Fsp3) is 0.273. The van der Waals surface area contributed by atoms with E-state index in [4.69, 9.17) is 0 Å². The highest BCUT2D eigenvalue weighted by molar-refractivity contribution is 5.88. The molecule has 3 aromatic heterocycles. The van der Waals surface area contributed by atoms with Crippen LogP contribution in [-0.2, 0) is 11.3 Å². The fourth-order valence-electron chi connectivity index (χ4n) is 3.48. The van der Waals surface area contributed by atoms with Crippen molar-refractivity contribution >= 4 is 16.8 Å². The number of hydrogen-bond acceptors (Lipinski definition) is 5. The molecule has 3 heterocycles. The smallest absolute Gasteiger partial charge is 0.280 e. The maximum atomic E-state index is 13.9. The molecule has 166 valence electrons. The first-order valence-corrected chi connectivity index (χ1v) is 10.2. The summed E-state index contributed by atoms with van der Waals surface area (Å²) >= 11 is 0. The molecule has 0 bridgehead atoms. The predicted octanol–water partition coefficient (Wildman–Crippen LogP) is 1.50. The van der Waals surface area contributed by atoms with Crippen LogP contribution in [0.3, 0.4) is 0 Å². The Morgan fingerprint density at radius 3 is 2.59 bits per heavy atom. The van der Waals surface area contributed by atoms with Gasteiger partial charge in [-0.1, -0.05) is 6.07 Å². The molecule has 0 radical (unpaired) electrons. The third-order valence-electron chi connectivity index (χ3n) is 5.00. The molecule has 4 rings (SSSR count). The summed E-state index contributed by atoms with van der Waals surface area (Å²) in [6.07, 6.45) is 3.56. The van der Waals surface area contributed by atoms with Crippen molar-refractivity contribution in [1.29, 1.82) is 0 Å². The molecular formula is C22H24FN7O2. The van der Waals surface area contributed by atoms with E-state index in [9.17, 15) is 14.0 Å². The average molecular weight is 437 g/mol. The van der Waals surface area contributed by atoms with E-state index >= 15 is 0 Å². The summed E-state index contributed by atoms with van der Waals surface area (Å²) in [6.45, 7) is 2.67. The van der Waals surface area contributed by atoms with E-state index in [2.05, 4.69) is 15.5 Å². The minimum atomic E-state index is -0.445. The number of nitrogens with zero attached hydrogens (tertiary/aromatic N) is 6. The van der Waals surface area contributed by atoms with Crippen LogP contribution in [0.25, 0.3) is 22.4 Å². The summed E-state index contributed by atoms with van der Waals surface area (Å²) in [5, 5.41) is 12.0. The second-order valence-electron chi connectivity index (χ2n) is 7.73. The maximum absolute atomic E-state index is 13.9. The molecule has 0 spiro atoms. The van der Waals surface area contributed by atoms with Gasteiger partial charge in [-0.2, -0.15) is 10.2 Å². The van der Waals surface area contributed by atoms with E-state index in [0.717, 1.165) is 4.68 Å². The van der Waals surface area contributed by atoms with Crippen LogP contribution in [0.1, 0.15) is 5.69 Å². The van der Waals surface area contributed by atoms with Crippen LogP contribution in [0.4, 0.5) is 4.39 Å². The van der Waals surface area contributed by atoms with Gasteiger partial charge in [-0.15, -0.1) is 0 Å². The van der Waals surface area contributed by atoms with Crippen LogP contribution < -0.4 is 10.9 Å². The molecule has 0 aliphatic heterocycles. The van der Waals surface area contributed by atoms with E-state index in [1.54, 1.807) is 36.0 Å². The standard InChI is InChI=1S/C22H24FN7O2/c1-15-20-19(22(32)29(25-15)14-18(31)24-9-12-27(2)3)21(28-10-4-5-11-28)30(26-20)17-8-6-7-16(23)13-17/h4-8,10-11,13H,9,12,14H2,1-3H3,(H,24,31). The highest BCUT2D eigenvalue weighted by Gasteiger charge is 2.22. The maximum Gasteiger partial charge on any atom is 0.280 e. The number of aromatic nitrogens is 5. The highest BCUT2D eigenvalue weighted by atomic mass is 19.1. The lowest BCUT2D eigenvalue weighted by molar-refractivity contribution is -0.121. The number of carbonyl (C=O) groups excluding carboxylic acids is 1. The van der Waals surface area contributed by atoms with Gasteiger partial charge in [-0.3, -0.25) is 9.59 Å². The van der Waals surface area contributed by atoms with Crippen molar-refractivity contribution in [3.05, 3.63) is 70.7 Å². The van der Waals surface area contributed by atoms with Gasteiger partial charge < -0.3 is 14.8 Å². The lowest BCUT2D eigenvalue weighted by Gasteiger charge is -2.11. The lowest BCUT2D eigenvalue weighted by Crippen LogP contribution is -2.37. The number of hydrogen-bond donors (Lipinski definition) is 1. The first-order chi connectivity index (χ1) is 15.3. The molecular weight excluding hydrogens is 413 g/mol. The number of halogens is 1. The van der Waals surface area contributed by atoms with Gasteiger partial charge in [0.1, 0.15) is 23.3 Å². The summed E-state index contributed by atoms with van der Waals surface area (Å²) < 4.78 is 18.3. The zero-order valence-electron chi connectivity index (χ0n) is 18.1. The van der Waals surface area contributed by atoms with Crippen LogP contribution in [0.2, 0.25) is 0 Å². The number of nitrogens with one attached hydrogen (secondary N) is 1. The SMILES string of the molecule is Cc1nn(CC(=O)NCCN(C)C)c(=O)c2c(-n3cccc3)n(-c3cccc(F)c3)nc12. The number of fused-ring (bicyclic) bond motifs is 1. The van der Waals surface area contributed by atoms with Crippen LogP contribution in [-0.4, -0.2) is 62.1 Å². The van der Waals surface area contributed by atoms with Crippen LogP contribution in [0.5, 0.6) is 0 Å². The summed E-state index contributed by atoms with van der Waals surface area (Å²) in [7, 11) is 3.82. The average Bonchev–Trinajstić information content (AvgIpc) is 3.39. The van der Waals surface area contributed by atoms with Crippen molar-refractivity contribution < 1.29 is 9.18 Å². The Kier molecular flexibility index (Phi) is 5.87. The quantitative estimate of drug-likeness (QED) is 0.473. The molecule has 0 saturated carbocycles. The van der Waals surface area contributed by atoms with Gasteiger partial charge in [-0.05, 0) is 51.4 Å². The number of carbonyl (C=O) groups is 1. The van der Waals surface area contributed by atoms with E-state index < -0.39 is 11.4 Å². The minimum Gasteiger partial charge on any atom is -0.353 e. The Labute approximate surface area is 183 Å². The van der Waals surface area contributed by atoms with Crippen LogP contribution >= 0.6 is 0 Å². The molecule has 0 aliphatic rings. The van der Waals surface area contributed by atoms with Crippen molar-refractivity contribution in [3.63, 3.8) is 0 Å². The first kappa shape index (κ1) is 21.4. The van der Waals surface area contributed by atoms with Crippen LogP contribution in [0.15, 0.2) is 53.6 Å². The number of rotatable bonds is 7. The van der Waals surface area contributed by atoms with Gasteiger partial charge in [0, 0.05) is 25.5 Å². The third-order valence-corrected chi connectivity index (χ3v) is 5.00. The molecule has 1 aromatic carbocycles. The molecule has 0 fully saturated rings. The molecule has 9 nitrogen and oxygen atoms in total. The second-order valence-corrected chi connectivity index (χ2v) is 7.73. The van der Waals surface area contributed by atoms with E-state index in [1.807, 2.05) is 31.1 Å². The molecule has 32 heavy (non-hydrogen) atoms. The highest BCUT2D eigenvalue weighted by Crippen LogP contribution is 2.24. The Morgan fingerprint density at radius 1 is 1.16 bits per heavy atom. The van der Waals surface area contributed by atoms with Gasteiger partial charge in [0.15, 0.2) is 5.82 Å². The Hall–Kier alpha value is -3.79. The number of aryl methyl sites for hydroxylation is 1. The second kappa shape index (κ2) is 8.75. The Bertz CT molecular complexity index is 1320. The van der Waals surface area contributed by atoms with E-state index in [1.165, 1.54) is 16.8 Å². The van der Waals surface area contributed by atoms with Crippen molar-refractivity contribution in [2.24, 2.45) is 0 Å². The van der Waals surface area contributed by atoms with Gasteiger partial charge in [0.05, 0.1) is 11.4 Å². The molecule has 0 saturated heterocycles. The molecule has 0 unspecified atom stereocenters. The van der Waals surface area contributed by atoms with Gasteiger partial charge in [0.25, 0.3) is 5.56 Å². The summed E-state index contributed by atoms with van der Waals surface area (Å²) in [4.78, 5) is 27.7. The lowest BCUT2D eigenvalue weighted by atomic mass is 10.2. The van der Waals surface area contributed by atoms with Gasteiger partial charge in [-0.25, -0.2) is 13.8 Å². The van der Waals surface area contributed by atoms with Crippen molar-refractivity contribution in [2.45, 2.75) is 13.5 Å². The third kappa shape index (κ3) is 4.17. The van der Waals surface area contributed by atoms with E-state index in [0.29, 0.717) is 41.2 Å². The van der Waals surface area contributed by atoms with Gasteiger partial charge in [0.2, 0.25) is 5.91 Å². The van der Waals surface area contributed by atoms with Crippen molar-refractivity contribution in [2.75, 3.05) is 27.2 Å². The molecule has 0 aliphatic carbocycles. The van der Waals surface area contributed by atoms with Crippen molar-refractivity contribution in [3.8, 4) is 11.5 Å². The fourth-order valence-corrected chi connectivity index (χ4v) is 3.48. The number of benzene rings is 1. The van der Waals surface area contributed by atoms with E-state index in [-0.39, 0.29) is 12.5 Å². The zero-order valence-corrected chi connectivity index (χ0v) is 18.1. The van der Waals surface area contributed by atoms with Gasteiger partial charge >= 0.3 is 0 Å². The molecule has 1 amide bonds. The monoisotopic (exact) mass is 437 g/mol. The normalized spacial score (nSPS) is 11.4. The first-order valence-electron chi connectivity index (χ1n) is 10.2. The molecule has 1 N–H and O–H groups in total. The number of amides is 1. The Morgan fingerprint density at radius 2 is 1.91 bits per heavy atom. The van der Waals surface area contributed by atoms with Crippen molar-refractivity contribution in [1.82, 2.24) is 34.3 Å². The largest absolute Gasteiger partial charge is 0.353 e. The van der Waals surface area contributed by atoms with Crippen LogP contribution in [0, 0.1) is 12.7 Å².